The molecular formula is C45H28N4. The predicted octanol–water partition coefficient (Wildman–Crippen LogP) is 11.4. The lowest BCUT2D eigenvalue weighted by Gasteiger charge is -2.15. The normalized spacial score (nSPS) is 11.7. The molecule has 10 aromatic rings. The maximum absolute atomic E-state index is 5.15. The molecule has 0 amide bonds. The van der Waals surface area contributed by atoms with E-state index < -0.39 is 0 Å². The first-order valence-electron chi connectivity index (χ1n) is 16.5. The summed E-state index contributed by atoms with van der Waals surface area (Å²) >= 11 is 0. The van der Waals surface area contributed by atoms with E-state index in [0.29, 0.717) is 17.5 Å². The van der Waals surface area contributed by atoms with Crippen molar-refractivity contribution in [3.63, 3.8) is 0 Å². The third-order valence-corrected chi connectivity index (χ3v) is 9.62. The molecule has 4 nitrogen and oxygen atoms in total. The van der Waals surface area contributed by atoms with Gasteiger partial charge in [-0.3, -0.25) is 0 Å². The lowest BCUT2D eigenvalue weighted by atomic mass is 10.0. The van der Waals surface area contributed by atoms with Gasteiger partial charge in [0.25, 0.3) is 0 Å². The van der Waals surface area contributed by atoms with Gasteiger partial charge in [-0.15, -0.1) is 0 Å². The largest absolute Gasteiger partial charge is 0.309 e. The Kier molecular flexibility index (Phi) is 6.15. The van der Waals surface area contributed by atoms with E-state index in [1.54, 1.807) is 0 Å². The number of rotatable bonds is 4. The number of hydrogen-bond donors (Lipinski definition) is 0. The van der Waals surface area contributed by atoms with Crippen molar-refractivity contribution in [1.82, 2.24) is 19.5 Å². The van der Waals surface area contributed by atoms with Gasteiger partial charge in [-0.25, -0.2) is 15.0 Å². The molecule has 0 saturated heterocycles. The second kappa shape index (κ2) is 11.0. The highest BCUT2D eigenvalue weighted by Gasteiger charge is 2.19. The molecule has 2 heterocycles. The highest BCUT2D eigenvalue weighted by atomic mass is 15.0. The minimum atomic E-state index is 0.646. The average molecular weight is 625 g/mol. The quantitative estimate of drug-likeness (QED) is 0.196. The Morgan fingerprint density at radius 3 is 1.80 bits per heavy atom. The maximum atomic E-state index is 5.15. The summed E-state index contributed by atoms with van der Waals surface area (Å²) in [6.45, 7) is 0. The average Bonchev–Trinajstić information content (AvgIpc) is 3.52. The summed E-state index contributed by atoms with van der Waals surface area (Å²) in [7, 11) is 0. The van der Waals surface area contributed by atoms with Crippen molar-refractivity contribution in [1.29, 1.82) is 0 Å². The Bertz CT molecular complexity index is 2890. The number of nitrogens with zero attached hydrogens (tertiary/aromatic N) is 4. The Hall–Kier alpha value is -6.65. The third-order valence-electron chi connectivity index (χ3n) is 9.62. The lowest BCUT2D eigenvalue weighted by Crippen LogP contribution is -2.01. The van der Waals surface area contributed by atoms with Gasteiger partial charge in [0.05, 0.1) is 16.7 Å². The molecule has 10 rings (SSSR count). The van der Waals surface area contributed by atoms with Crippen molar-refractivity contribution in [2.24, 2.45) is 0 Å². The van der Waals surface area contributed by atoms with Crippen molar-refractivity contribution in [3.8, 4) is 39.9 Å². The van der Waals surface area contributed by atoms with Crippen LogP contribution in [-0.4, -0.2) is 19.5 Å². The zero-order valence-corrected chi connectivity index (χ0v) is 26.5. The van der Waals surface area contributed by atoms with Gasteiger partial charge in [0.1, 0.15) is 0 Å². The first-order valence-corrected chi connectivity index (χ1v) is 16.5. The van der Waals surface area contributed by atoms with E-state index >= 15 is 0 Å². The highest BCUT2D eigenvalue weighted by molar-refractivity contribution is 6.22. The number of fused-ring (bicyclic) bond motifs is 7. The summed E-state index contributed by atoms with van der Waals surface area (Å²) in [6, 6.07) is 59.8. The molecule has 0 fully saturated rings. The zero-order chi connectivity index (χ0) is 32.3. The molecule has 0 aliphatic rings. The van der Waals surface area contributed by atoms with Crippen LogP contribution in [0.1, 0.15) is 0 Å². The molecule has 0 spiro atoms. The summed E-state index contributed by atoms with van der Waals surface area (Å²) in [6.07, 6.45) is 0. The fourth-order valence-corrected chi connectivity index (χ4v) is 7.34. The van der Waals surface area contributed by atoms with Crippen LogP contribution < -0.4 is 0 Å². The molecule has 0 bridgehead atoms. The Morgan fingerprint density at radius 1 is 0.347 bits per heavy atom. The van der Waals surface area contributed by atoms with Crippen LogP contribution in [0.2, 0.25) is 0 Å². The Labute approximate surface area is 282 Å². The number of aromatic nitrogens is 4. The van der Waals surface area contributed by atoms with Gasteiger partial charge in [0.15, 0.2) is 17.5 Å². The van der Waals surface area contributed by atoms with Crippen LogP contribution in [0.4, 0.5) is 0 Å². The van der Waals surface area contributed by atoms with Gasteiger partial charge in [0, 0.05) is 32.8 Å². The zero-order valence-electron chi connectivity index (χ0n) is 26.5. The van der Waals surface area contributed by atoms with E-state index in [0.717, 1.165) is 38.5 Å². The second-order valence-electron chi connectivity index (χ2n) is 12.4. The topological polar surface area (TPSA) is 43.6 Å². The fourth-order valence-electron chi connectivity index (χ4n) is 7.34. The number of para-hydroxylation sites is 1. The van der Waals surface area contributed by atoms with E-state index in [1.807, 2.05) is 18.2 Å². The third kappa shape index (κ3) is 4.42. The molecule has 0 atom stereocenters. The van der Waals surface area contributed by atoms with Crippen molar-refractivity contribution in [2.75, 3.05) is 0 Å². The van der Waals surface area contributed by atoms with E-state index in [2.05, 4.69) is 156 Å². The molecule has 0 aliphatic carbocycles. The molecular weight excluding hydrogens is 597 g/mol. The van der Waals surface area contributed by atoms with Gasteiger partial charge in [-0.2, -0.15) is 0 Å². The van der Waals surface area contributed by atoms with E-state index in [-0.39, 0.29) is 0 Å². The minimum Gasteiger partial charge on any atom is -0.309 e. The van der Waals surface area contributed by atoms with E-state index in [1.165, 1.54) is 38.0 Å². The van der Waals surface area contributed by atoms with E-state index in [4.69, 9.17) is 15.0 Å². The van der Waals surface area contributed by atoms with Gasteiger partial charge >= 0.3 is 0 Å². The Morgan fingerprint density at radius 2 is 0.959 bits per heavy atom. The van der Waals surface area contributed by atoms with Crippen molar-refractivity contribution in [2.45, 2.75) is 0 Å². The molecule has 0 saturated carbocycles. The molecule has 4 heteroatoms. The summed E-state index contributed by atoms with van der Waals surface area (Å²) in [5, 5.41) is 9.56. The highest BCUT2D eigenvalue weighted by Crippen LogP contribution is 2.40. The van der Waals surface area contributed by atoms with Gasteiger partial charge in [0.2, 0.25) is 0 Å². The van der Waals surface area contributed by atoms with Crippen LogP contribution in [0.15, 0.2) is 170 Å². The fraction of sp³-hybridized carbons (Fsp3) is 0. The lowest BCUT2D eigenvalue weighted by molar-refractivity contribution is 1.08. The first kappa shape index (κ1) is 27.5. The monoisotopic (exact) mass is 624 g/mol. The molecule has 228 valence electrons. The first-order chi connectivity index (χ1) is 24.3. The summed E-state index contributed by atoms with van der Waals surface area (Å²) in [5.74, 6) is 1.95. The summed E-state index contributed by atoms with van der Waals surface area (Å²) < 4.78 is 2.41. The maximum Gasteiger partial charge on any atom is 0.164 e. The van der Waals surface area contributed by atoms with Crippen molar-refractivity contribution >= 4 is 54.1 Å². The Balaban J connectivity index is 1.22. The molecule has 49 heavy (non-hydrogen) atoms. The van der Waals surface area contributed by atoms with Crippen LogP contribution in [0.5, 0.6) is 0 Å². The van der Waals surface area contributed by atoms with Crippen LogP contribution in [-0.2, 0) is 0 Å². The number of benzene rings is 8. The van der Waals surface area contributed by atoms with Crippen LogP contribution in [0.3, 0.4) is 0 Å². The van der Waals surface area contributed by atoms with E-state index in [9.17, 15) is 0 Å². The molecule has 0 aliphatic heterocycles. The minimum absolute atomic E-state index is 0.646. The number of hydrogen-bond acceptors (Lipinski definition) is 3. The molecule has 2 aromatic heterocycles. The van der Waals surface area contributed by atoms with Crippen LogP contribution >= 0.6 is 0 Å². The van der Waals surface area contributed by atoms with Crippen LogP contribution in [0, 0.1) is 0 Å². The van der Waals surface area contributed by atoms with Crippen molar-refractivity contribution < 1.29 is 0 Å². The molecule has 0 unspecified atom stereocenters. The van der Waals surface area contributed by atoms with Gasteiger partial charge in [-0.05, 0) is 57.3 Å². The predicted molar refractivity (Wildman–Crippen MR) is 203 cm³/mol. The van der Waals surface area contributed by atoms with Crippen molar-refractivity contribution in [3.05, 3.63) is 170 Å². The van der Waals surface area contributed by atoms with Crippen LogP contribution in [0.25, 0.3) is 94.0 Å². The molecule has 0 radical (unpaired) electrons. The summed E-state index contributed by atoms with van der Waals surface area (Å²) in [5.41, 5.74) is 6.35. The standard InChI is InChI=1S/C45H28N4/c1-2-14-31(15-3-1)43-46-44(33-23-22-29-12-4-5-16-32(29)28-33)48-45(47-43)37-25-27-40(36-19-9-8-18-35(36)37)49-39-21-11-10-20-38(39)42-34-17-7-6-13-30(34)24-26-41(42)49/h1-28H. The molecule has 0 N–H and O–H groups in total. The summed E-state index contributed by atoms with van der Waals surface area (Å²) in [4.78, 5) is 15.3. The smallest absolute Gasteiger partial charge is 0.164 e. The second-order valence-corrected chi connectivity index (χ2v) is 12.4. The van der Waals surface area contributed by atoms with Gasteiger partial charge < -0.3 is 4.57 Å². The molecule has 8 aromatic carbocycles. The SMILES string of the molecule is c1ccc(-c2nc(-c3ccc4ccccc4c3)nc(-c3ccc(-n4c5ccccc5c5c6ccccc6ccc54)c4ccccc34)n2)cc1. The van der Waals surface area contributed by atoms with Gasteiger partial charge in [-0.1, -0.05) is 140 Å².